The summed E-state index contributed by atoms with van der Waals surface area (Å²) in [7, 11) is -1.60. The van der Waals surface area contributed by atoms with E-state index in [9.17, 15) is 8.42 Å². The first-order valence-corrected chi connectivity index (χ1v) is 12.0. The number of rotatable bonds is 7. The Balaban J connectivity index is 1.80. The number of hydrogen-bond acceptors (Lipinski definition) is 4. The summed E-state index contributed by atoms with van der Waals surface area (Å²) >= 11 is 1.82. The van der Waals surface area contributed by atoms with Gasteiger partial charge in [-0.1, -0.05) is 18.2 Å². The van der Waals surface area contributed by atoms with Crippen LogP contribution in [0.1, 0.15) is 26.7 Å². The second-order valence-electron chi connectivity index (χ2n) is 7.43. The van der Waals surface area contributed by atoms with Gasteiger partial charge in [-0.2, -0.15) is 16.1 Å². The Morgan fingerprint density at radius 3 is 2.41 bits per heavy atom. The fourth-order valence-corrected chi connectivity index (χ4v) is 4.63. The van der Waals surface area contributed by atoms with Crippen molar-refractivity contribution in [3.63, 3.8) is 0 Å². The third kappa shape index (κ3) is 6.40. The molecule has 0 radical (unpaired) electrons. The van der Waals surface area contributed by atoms with E-state index >= 15 is 0 Å². The summed E-state index contributed by atoms with van der Waals surface area (Å²) in [4.78, 5) is 4.66. The highest BCUT2D eigenvalue weighted by atomic mass is 32.2. The molecule has 0 unspecified atom stereocenters. The summed E-state index contributed by atoms with van der Waals surface area (Å²) in [5, 5.41) is 6.75. The third-order valence-corrected chi connectivity index (χ3v) is 8.13. The number of sulfonamides is 1. The molecular formula is C19H32N4O2S2. The van der Waals surface area contributed by atoms with Crippen molar-refractivity contribution in [2.24, 2.45) is 10.9 Å². The first kappa shape index (κ1) is 22.0. The van der Waals surface area contributed by atoms with E-state index in [1.54, 1.807) is 35.6 Å². The molecule has 6 nitrogen and oxygen atoms in total. The minimum absolute atomic E-state index is 0.148. The first-order valence-electron chi connectivity index (χ1n) is 9.33. The monoisotopic (exact) mass is 412 g/mol. The number of aliphatic imine (C=N–C) groups is 1. The molecular weight excluding hydrogens is 380 g/mol. The van der Waals surface area contributed by atoms with Crippen molar-refractivity contribution in [2.45, 2.75) is 36.3 Å². The van der Waals surface area contributed by atoms with Crippen molar-refractivity contribution in [3.05, 3.63) is 30.3 Å². The van der Waals surface area contributed by atoms with Gasteiger partial charge in [0.05, 0.1) is 4.90 Å². The number of nitrogens with zero attached hydrogens (tertiary/aromatic N) is 2. The maximum atomic E-state index is 12.7. The average Bonchev–Trinajstić information content (AvgIpc) is 2.69. The molecule has 0 aliphatic carbocycles. The molecule has 2 rings (SSSR count). The summed E-state index contributed by atoms with van der Waals surface area (Å²) < 4.78 is 27.1. The molecule has 0 amide bonds. The van der Waals surface area contributed by atoms with Gasteiger partial charge in [-0.15, -0.1) is 0 Å². The number of nitrogens with one attached hydrogen (secondary N) is 2. The maximum Gasteiger partial charge on any atom is 0.243 e. The van der Waals surface area contributed by atoms with Gasteiger partial charge in [-0.25, -0.2) is 8.42 Å². The second kappa shape index (κ2) is 9.80. The second-order valence-corrected chi connectivity index (χ2v) is 10.9. The highest BCUT2D eigenvalue weighted by Gasteiger charge is 2.29. The topological polar surface area (TPSA) is 73.8 Å². The van der Waals surface area contributed by atoms with Crippen molar-refractivity contribution in [2.75, 3.05) is 39.5 Å². The molecule has 1 fully saturated rings. The van der Waals surface area contributed by atoms with Crippen molar-refractivity contribution >= 4 is 27.7 Å². The van der Waals surface area contributed by atoms with Gasteiger partial charge in [0.1, 0.15) is 0 Å². The Kier molecular flexibility index (Phi) is 8.00. The Hall–Kier alpha value is -1.25. The van der Waals surface area contributed by atoms with Crippen LogP contribution in [0, 0.1) is 5.92 Å². The van der Waals surface area contributed by atoms with Gasteiger partial charge in [0.25, 0.3) is 0 Å². The minimum atomic E-state index is -3.37. The van der Waals surface area contributed by atoms with Crippen LogP contribution in [0.25, 0.3) is 0 Å². The molecule has 0 aromatic heterocycles. The van der Waals surface area contributed by atoms with E-state index in [4.69, 9.17) is 0 Å². The van der Waals surface area contributed by atoms with E-state index in [2.05, 4.69) is 35.7 Å². The van der Waals surface area contributed by atoms with Crippen LogP contribution in [0.2, 0.25) is 0 Å². The molecule has 152 valence electrons. The zero-order valence-electron chi connectivity index (χ0n) is 16.7. The fraction of sp³-hybridized carbons (Fsp3) is 0.632. The minimum Gasteiger partial charge on any atom is -0.356 e. The predicted molar refractivity (Wildman–Crippen MR) is 115 cm³/mol. The van der Waals surface area contributed by atoms with Crippen molar-refractivity contribution in [3.8, 4) is 0 Å². The van der Waals surface area contributed by atoms with E-state index in [-0.39, 0.29) is 4.75 Å². The zero-order chi connectivity index (χ0) is 19.9. The Morgan fingerprint density at radius 1 is 1.22 bits per heavy atom. The van der Waals surface area contributed by atoms with Gasteiger partial charge in [-0.3, -0.25) is 4.99 Å². The van der Waals surface area contributed by atoms with E-state index < -0.39 is 10.0 Å². The summed E-state index contributed by atoms with van der Waals surface area (Å²) in [5.41, 5.74) is 0. The van der Waals surface area contributed by atoms with Gasteiger partial charge < -0.3 is 10.6 Å². The Bertz CT molecular complexity index is 712. The molecule has 1 saturated heterocycles. The molecule has 2 N–H and O–H groups in total. The summed E-state index contributed by atoms with van der Waals surface area (Å²) in [6.07, 6.45) is 3.81. The average molecular weight is 413 g/mol. The Labute approximate surface area is 168 Å². The molecule has 0 spiro atoms. The SMILES string of the molecule is CN=C(NCC1CCN(S(=O)(=O)c2ccccc2)CC1)NCC(C)(C)SC. The van der Waals surface area contributed by atoms with Crippen LogP contribution in [0.4, 0.5) is 0 Å². The molecule has 0 bridgehead atoms. The number of benzene rings is 1. The predicted octanol–water partition coefficient (Wildman–Crippen LogP) is 2.39. The standard InChI is InChI=1S/C19H32N4O2S2/c1-19(2,26-4)15-22-18(20-3)21-14-16-10-12-23(13-11-16)27(24,25)17-8-6-5-7-9-17/h5-9,16H,10-15H2,1-4H3,(H2,20,21,22). The molecule has 1 aliphatic rings. The molecule has 1 aromatic carbocycles. The summed E-state index contributed by atoms with van der Waals surface area (Å²) in [6.45, 7) is 7.16. The maximum absolute atomic E-state index is 12.7. The van der Waals surface area contributed by atoms with Gasteiger partial charge in [0, 0.05) is 38.0 Å². The number of guanidine groups is 1. The largest absolute Gasteiger partial charge is 0.356 e. The first-order chi connectivity index (χ1) is 12.8. The molecule has 27 heavy (non-hydrogen) atoms. The van der Waals surface area contributed by atoms with E-state index in [1.807, 2.05) is 17.8 Å². The van der Waals surface area contributed by atoms with Gasteiger partial charge in [-0.05, 0) is 51.0 Å². The number of piperidine rings is 1. The molecule has 1 heterocycles. The fourth-order valence-electron chi connectivity index (χ4n) is 2.93. The van der Waals surface area contributed by atoms with Crippen LogP contribution in [0.5, 0.6) is 0 Å². The van der Waals surface area contributed by atoms with Crippen LogP contribution in [0.3, 0.4) is 0 Å². The number of thioether (sulfide) groups is 1. The van der Waals surface area contributed by atoms with Gasteiger partial charge in [0.2, 0.25) is 10.0 Å². The van der Waals surface area contributed by atoms with Crippen LogP contribution in [0.15, 0.2) is 40.2 Å². The smallest absolute Gasteiger partial charge is 0.243 e. The lowest BCUT2D eigenvalue weighted by Gasteiger charge is -2.31. The van der Waals surface area contributed by atoms with E-state index in [0.29, 0.717) is 23.9 Å². The highest BCUT2D eigenvalue weighted by Crippen LogP contribution is 2.23. The molecule has 8 heteroatoms. The van der Waals surface area contributed by atoms with Crippen LogP contribution >= 0.6 is 11.8 Å². The molecule has 1 aromatic rings. The molecule has 0 saturated carbocycles. The third-order valence-electron chi connectivity index (χ3n) is 4.97. The van der Waals surface area contributed by atoms with Crippen molar-refractivity contribution < 1.29 is 8.42 Å². The van der Waals surface area contributed by atoms with E-state index in [1.165, 1.54) is 0 Å². The van der Waals surface area contributed by atoms with Gasteiger partial charge in [0.15, 0.2) is 5.96 Å². The quantitative estimate of drug-likeness (QED) is 0.531. The molecule has 1 aliphatic heterocycles. The highest BCUT2D eigenvalue weighted by molar-refractivity contribution is 7.99. The summed E-state index contributed by atoms with van der Waals surface area (Å²) in [5.74, 6) is 1.25. The lowest BCUT2D eigenvalue weighted by atomic mass is 9.98. The molecule has 0 atom stereocenters. The lowest BCUT2D eigenvalue weighted by Crippen LogP contribution is -2.46. The number of hydrogen-bond donors (Lipinski definition) is 2. The van der Waals surface area contributed by atoms with Crippen molar-refractivity contribution in [1.82, 2.24) is 14.9 Å². The normalized spacial score (nSPS) is 17.7. The Morgan fingerprint density at radius 2 is 1.85 bits per heavy atom. The van der Waals surface area contributed by atoms with E-state index in [0.717, 1.165) is 31.9 Å². The van der Waals surface area contributed by atoms with Crippen molar-refractivity contribution in [1.29, 1.82) is 0 Å². The van der Waals surface area contributed by atoms with Crippen LogP contribution < -0.4 is 10.6 Å². The van der Waals surface area contributed by atoms with Crippen LogP contribution in [-0.2, 0) is 10.0 Å². The lowest BCUT2D eigenvalue weighted by molar-refractivity contribution is 0.273. The summed E-state index contributed by atoms with van der Waals surface area (Å²) in [6, 6.07) is 8.68. The van der Waals surface area contributed by atoms with Gasteiger partial charge >= 0.3 is 0 Å². The van der Waals surface area contributed by atoms with Crippen LogP contribution in [-0.4, -0.2) is 62.9 Å². The zero-order valence-corrected chi connectivity index (χ0v) is 18.4.